The minimum absolute atomic E-state index is 0.571. The molecule has 0 saturated heterocycles. The number of nitrogens with one attached hydrogen (secondary N) is 2. The minimum atomic E-state index is 0.571. The molecular weight excluding hydrogens is 264 g/mol. The second-order valence-corrected chi connectivity index (χ2v) is 5.73. The summed E-state index contributed by atoms with van der Waals surface area (Å²) in [6.07, 6.45) is 5.72. The third-order valence-corrected chi connectivity index (χ3v) is 3.72. The van der Waals surface area contributed by atoms with Gasteiger partial charge in [0.25, 0.3) is 0 Å². The molecule has 1 aliphatic carbocycles. The van der Waals surface area contributed by atoms with Gasteiger partial charge in [-0.15, -0.1) is 0 Å². The van der Waals surface area contributed by atoms with Crippen LogP contribution in [-0.2, 0) is 4.74 Å². The molecule has 0 bridgehead atoms. The molecule has 2 rings (SSSR count). The lowest BCUT2D eigenvalue weighted by molar-refractivity contribution is 0.194. The van der Waals surface area contributed by atoms with Gasteiger partial charge >= 0.3 is 0 Å². The predicted octanol–water partition coefficient (Wildman–Crippen LogP) is 3.32. The zero-order chi connectivity index (χ0) is 15.1. The van der Waals surface area contributed by atoms with Crippen molar-refractivity contribution in [3.05, 3.63) is 11.4 Å². The molecule has 1 fully saturated rings. The molecule has 0 amide bonds. The summed E-state index contributed by atoms with van der Waals surface area (Å²) in [5, 5.41) is 6.89. The minimum Gasteiger partial charge on any atom is -0.385 e. The summed E-state index contributed by atoms with van der Waals surface area (Å²) in [5.41, 5.74) is 1.12. The highest BCUT2D eigenvalue weighted by Gasteiger charge is 2.28. The SMILES string of the molecule is CCCNc1nc(C2CC2)nc(NCCCCOC)c1C. The summed E-state index contributed by atoms with van der Waals surface area (Å²) < 4.78 is 5.08. The van der Waals surface area contributed by atoms with Crippen molar-refractivity contribution in [1.82, 2.24) is 9.97 Å². The Balaban J connectivity index is 2.01. The highest BCUT2D eigenvalue weighted by Crippen LogP contribution is 2.39. The van der Waals surface area contributed by atoms with Crippen LogP contribution in [0.5, 0.6) is 0 Å². The summed E-state index contributed by atoms with van der Waals surface area (Å²) in [4.78, 5) is 9.44. The van der Waals surface area contributed by atoms with E-state index in [1.807, 2.05) is 0 Å². The fraction of sp³-hybridized carbons (Fsp3) is 0.750. The maximum absolute atomic E-state index is 5.08. The van der Waals surface area contributed by atoms with Crippen molar-refractivity contribution in [2.75, 3.05) is 37.4 Å². The Bertz CT molecular complexity index is 446. The third-order valence-electron chi connectivity index (χ3n) is 3.72. The number of rotatable bonds is 10. The normalized spacial score (nSPS) is 14.2. The van der Waals surface area contributed by atoms with Gasteiger partial charge in [-0.1, -0.05) is 6.92 Å². The Labute approximate surface area is 127 Å². The van der Waals surface area contributed by atoms with Crippen molar-refractivity contribution in [3.63, 3.8) is 0 Å². The molecule has 21 heavy (non-hydrogen) atoms. The van der Waals surface area contributed by atoms with E-state index in [4.69, 9.17) is 14.7 Å². The largest absolute Gasteiger partial charge is 0.385 e. The molecule has 1 aromatic heterocycles. The Morgan fingerprint density at radius 1 is 1.10 bits per heavy atom. The summed E-state index contributed by atoms with van der Waals surface area (Å²) in [7, 11) is 1.75. The molecule has 5 nitrogen and oxygen atoms in total. The van der Waals surface area contributed by atoms with Crippen LogP contribution >= 0.6 is 0 Å². The molecular formula is C16H28N4O. The summed E-state index contributed by atoms with van der Waals surface area (Å²) in [6.45, 7) is 6.96. The Morgan fingerprint density at radius 3 is 2.33 bits per heavy atom. The highest BCUT2D eigenvalue weighted by atomic mass is 16.5. The number of methoxy groups -OCH3 is 1. The van der Waals surface area contributed by atoms with E-state index in [1.165, 1.54) is 12.8 Å². The fourth-order valence-corrected chi connectivity index (χ4v) is 2.22. The van der Waals surface area contributed by atoms with Gasteiger partial charge in [0, 0.05) is 38.3 Å². The van der Waals surface area contributed by atoms with Crippen LogP contribution in [0, 0.1) is 6.92 Å². The van der Waals surface area contributed by atoms with Crippen LogP contribution in [-0.4, -0.2) is 36.8 Å². The molecule has 0 atom stereocenters. The van der Waals surface area contributed by atoms with E-state index in [-0.39, 0.29) is 0 Å². The van der Waals surface area contributed by atoms with E-state index < -0.39 is 0 Å². The molecule has 0 radical (unpaired) electrons. The van der Waals surface area contributed by atoms with E-state index in [2.05, 4.69) is 24.5 Å². The summed E-state index contributed by atoms with van der Waals surface area (Å²) >= 11 is 0. The standard InChI is InChI=1S/C16H28N4O/c1-4-9-17-14-12(2)15(18-10-5-6-11-21-3)20-16(19-14)13-7-8-13/h13H,4-11H2,1-3H3,(H2,17,18,19,20). The Hall–Kier alpha value is -1.36. The molecule has 2 N–H and O–H groups in total. The quantitative estimate of drug-likeness (QED) is 0.648. The number of hydrogen-bond acceptors (Lipinski definition) is 5. The van der Waals surface area contributed by atoms with Gasteiger partial charge in [0.2, 0.25) is 0 Å². The van der Waals surface area contributed by atoms with Crippen LogP contribution in [0.25, 0.3) is 0 Å². The zero-order valence-corrected chi connectivity index (χ0v) is 13.5. The van der Waals surface area contributed by atoms with E-state index >= 15 is 0 Å². The second-order valence-electron chi connectivity index (χ2n) is 5.73. The van der Waals surface area contributed by atoms with Gasteiger partial charge in [0.1, 0.15) is 17.5 Å². The second kappa shape index (κ2) is 8.17. The molecule has 0 aliphatic heterocycles. The average molecular weight is 292 g/mol. The lowest BCUT2D eigenvalue weighted by Crippen LogP contribution is -2.12. The maximum Gasteiger partial charge on any atom is 0.136 e. The van der Waals surface area contributed by atoms with Crippen LogP contribution in [0.2, 0.25) is 0 Å². The van der Waals surface area contributed by atoms with Crippen molar-refractivity contribution in [3.8, 4) is 0 Å². The number of ether oxygens (including phenoxy) is 1. The number of hydrogen-bond donors (Lipinski definition) is 2. The van der Waals surface area contributed by atoms with Gasteiger partial charge in [-0.25, -0.2) is 9.97 Å². The highest BCUT2D eigenvalue weighted by molar-refractivity contribution is 5.57. The summed E-state index contributed by atoms with van der Waals surface area (Å²) in [6, 6.07) is 0. The fourth-order valence-electron chi connectivity index (χ4n) is 2.22. The lowest BCUT2D eigenvalue weighted by Gasteiger charge is -2.15. The molecule has 1 heterocycles. The number of aromatic nitrogens is 2. The Morgan fingerprint density at radius 2 is 1.76 bits per heavy atom. The van der Waals surface area contributed by atoms with Crippen molar-refractivity contribution in [2.45, 2.75) is 51.9 Å². The van der Waals surface area contributed by atoms with Gasteiger partial charge in [0.15, 0.2) is 0 Å². The van der Waals surface area contributed by atoms with Crippen molar-refractivity contribution < 1.29 is 4.74 Å². The maximum atomic E-state index is 5.08. The smallest absolute Gasteiger partial charge is 0.136 e. The molecule has 1 aromatic rings. The first-order chi connectivity index (χ1) is 10.3. The topological polar surface area (TPSA) is 59.1 Å². The third kappa shape index (κ3) is 4.84. The molecule has 0 spiro atoms. The van der Waals surface area contributed by atoms with Crippen LogP contribution in [0.3, 0.4) is 0 Å². The first kappa shape index (κ1) is 16.0. The molecule has 118 valence electrons. The predicted molar refractivity (Wildman–Crippen MR) is 87.1 cm³/mol. The van der Waals surface area contributed by atoms with Gasteiger partial charge in [-0.2, -0.15) is 0 Å². The molecule has 0 aromatic carbocycles. The first-order valence-electron chi connectivity index (χ1n) is 8.11. The van der Waals surface area contributed by atoms with Gasteiger partial charge < -0.3 is 15.4 Å². The van der Waals surface area contributed by atoms with E-state index in [0.717, 1.165) is 62.0 Å². The van der Waals surface area contributed by atoms with Crippen molar-refractivity contribution >= 4 is 11.6 Å². The molecule has 1 saturated carbocycles. The first-order valence-corrected chi connectivity index (χ1v) is 8.11. The van der Waals surface area contributed by atoms with Gasteiger partial charge in [0.05, 0.1) is 0 Å². The van der Waals surface area contributed by atoms with Crippen molar-refractivity contribution in [1.29, 1.82) is 0 Å². The van der Waals surface area contributed by atoms with Gasteiger partial charge in [-0.05, 0) is 39.0 Å². The zero-order valence-electron chi connectivity index (χ0n) is 13.5. The number of anilines is 2. The van der Waals surface area contributed by atoms with Crippen LogP contribution in [0.4, 0.5) is 11.6 Å². The summed E-state index contributed by atoms with van der Waals surface area (Å²) in [5.74, 6) is 3.55. The van der Waals surface area contributed by atoms with E-state index in [9.17, 15) is 0 Å². The molecule has 5 heteroatoms. The monoisotopic (exact) mass is 292 g/mol. The lowest BCUT2D eigenvalue weighted by atomic mass is 10.2. The van der Waals surface area contributed by atoms with E-state index in [0.29, 0.717) is 5.92 Å². The molecule has 0 unspecified atom stereocenters. The number of unbranched alkanes of at least 4 members (excludes halogenated alkanes) is 1. The van der Waals surface area contributed by atoms with Crippen LogP contribution in [0.1, 0.15) is 56.3 Å². The van der Waals surface area contributed by atoms with Gasteiger partial charge in [-0.3, -0.25) is 0 Å². The van der Waals surface area contributed by atoms with Crippen molar-refractivity contribution in [2.24, 2.45) is 0 Å². The average Bonchev–Trinajstić information content (AvgIpc) is 3.32. The molecule has 1 aliphatic rings. The van der Waals surface area contributed by atoms with E-state index in [1.54, 1.807) is 7.11 Å². The number of nitrogens with zero attached hydrogens (tertiary/aromatic N) is 2. The van der Waals surface area contributed by atoms with Crippen LogP contribution in [0.15, 0.2) is 0 Å². The van der Waals surface area contributed by atoms with Crippen LogP contribution < -0.4 is 10.6 Å². The Kier molecular flexibility index (Phi) is 6.23.